The number of fused-ring (bicyclic) bond motifs is 1. The smallest absolute Gasteiger partial charge is 0.416 e. The fourth-order valence-electron chi connectivity index (χ4n) is 2.47. The van der Waals surface area contributed by atoms with Crippen LogP contribution in [0.2, 0.25) is 0 Å². The van der Waals surface area contributed by atoms with Crippen molar-refractivity contribution in [3.63, 3.8) is 0 Å². The topological polar surface area (TPSA) is 30.5 Å². The summed E-state index contributed by atoms with van der Waals surface area (Å²) in [5, 5.41) is 3.33. The van der Waals surface area contributed by atoms with Crippen LogP contribution in [0, 0.1) is 5.92 Å². The number of halogens is 3. The van der Waals surface area contributed by atoms with Crippen LogP contribution in [-0.2, 0) is 10.9 Å². The van der Waals surface area contributed by atoms with Crippen molar-refractivity contribution in [2.75, 3.05) is 26.4 Å². The van der Waals surface area contributed by atoms with Crippen LogP contribution in [0.4, 0.5) is 13.2 Å². The van der Waals surface area contributed by atoms with E-state index in [1.165, 1.54) is 6.07 Å². The molecule has 0 amide bonds. The molecular weight excluding hydrogens is 271 g/mol. The fraction of sp³-hybridized carbons (Fsp3) is 0.571. The van der Waals surface area contributed by atoms with Crippen molar-refractivity contribution >= 4 is 0 Å². The van der Waals surface area contributed by atoms with Crippen molar-refractivity contribution in [2.45, 2.75) is 18.6 Å². The van der Waals surface area contributed by atoms with Gasteiger partial charge in [-0.25, -0.2) is 0 Å². The summed E-state index contributed by atoms with van der Waals surface area (Å²) in [6.07, 6.45) is -3.30. The SMILES string of the molecule is FC(F)(F)c1ccc2c(c1)OCC2NCCC1COC1. The molecule has 0 saturated carbocycles. The quantitative estimate of drug-likeness (QED) is 0.923. The van der Waals surface area contributed by atoms with Gasteiger partial charge < -0.3 is 14.8 Å². The van der Waals surface area contributed by atoms with Gasteiger partial charge in [0.05, 0.1) is 24.8 Å². The summed E-state index contributed by atoms with van der Waals surface area (Å²) in [7, 11) is 0. The number of hydrogen-bond acceptors (Lipinski definition) is 3. The Morgan fingerprint density at radius 1 is 1.20 bits per heavy atom. The molecule has 2 aliphatic rings. The van der Waals surface area contributed by atoms with Gasteiger partial charge in [0.25, 0.3) is 0 Å². The second-order valence-electron chi connectivity index (χ2n) is 5.26. The van der Waals surface area contributed by atoms with Crippen LogP contribution in [0.5, 0.6) is 5.75 Å². The van der Waals surface area contributed by atoms with Gasteiger partial charge >= 0.3 is 6.18 Å². The van der Waals surface area contributed by atoms with Crippen LogP contribution in [0.15, 0.2) is 18.2 Å². The second-order valence-corrected chi connectivity index (χ2v) is 5.26. The molecule has 1 aromatic carbocycles. The summed E-state index contributed by atoms with van der Waals surface area (Å²) in [5.41, 5.74) is 0.145. The first-order valence-corrected chi connectivity index (χ1v) is 6.69. The zero-order valence-corrected chi connectivity index (χ0v) is 10.9. The van der Waals surface area contributed by atoms with Crippen LogP contribution in [0.1, 0.15) is 23.6 Å². The lowest BCUT2D eigenvalue weighted by Crippen LogP contribution is -2.32. The van der Waals surface area contributed by atoms with E-state index in [1.807, 2.05) is 0 Å². The molecule has 6 heteroatoms. The minimum absolute atomic E-state index is 0.0201. The highest BCUT2D eigenvalue weighted by Crippen LogP contribution is 2.38. The fourth-order valence-corrected chi connectivity index (χ4v) is 2.47. The largest absolute Gasteiger partial charge is 0.491 e. The van der Waals surface area contributed by atoms with Gasteiger partial charge in [-0.1, -0.05) is 6.07 Å². The van der Waals surface area contributed by atoms with E-state index in [-0.39, 0.29) is 6.04 Å². The Morgan fingerprint density at radius 2 is 2.00 bits per heavy atom. The summed E-state index contributed by atoms with van der Waals surface area (Å²) in [4.78, 5) is 0. The zero-order chi connectivity index (χ0) is 14.2. The third kappa shape index (κ3) is 2.76. The minimum Gasteiger partial charge on any atom is -0.491 e. The molecule has 20 heavy (non-hydrogen) atoms. The number of alkyl halides is 3. The monoisotopic (exact) mass is 287 g/mol. The van der Waals surface area contributed by atoms with Crippen LogP contribution in [0.25, 0.3) is 0 Å². The van der Waals surface area contributed by atoms with Crippen LogP contribution < -0.4 is 10.1 Å². The Bertz CT molecular complexity index is 486. The van der Waals surface area contributed by atoms with Crippen molar-refractivity contribution < 1.29 is 22.6 Å². The third-order valence-corrected chi connectivity index (χ3v) is 3.77. The maximum Gasteiger partial charge on any atom is 0.416 e. The lowest BCUT2D eigenvalue weighted by molar-refractivity contribution is -0.137. The summed E-state index contributed by atoms with van der Waals surface area (Å²) >= 11 is 0. The molecular formula is C14H16F3NO2. The van der Waals surface area contributed by atoms with Gasteiger partial charge in [0.2, 0.25) is 0 Å². The van der Waals surface area contributed by atoms with Gasteiger partial charge in [-0.05, 0) is 25.1 Å². The number of ether oxygens (including phenoxy) is 2. The van der Waals surface area contributed by atoms with Crippen molar-refractivity contribution in [1.82, 2.24) is 5.32 Å². The van der Waals surface area contributed by atoms with E-state index in [0.717, 1.165) is 43.9 Å². The average molecular weight is 287 g/mol. The molecule has 1 N–H and O–H groups in total. The summed E-state index contributed by atoms with van der Waals surface area (Å²) in [5.74, 6) is 0.946. The maximum atomic E-state index is 12.6. The molecule has 0 spiro atoms. The molecule has 0 aliphatic carbocycles. The first kappa shape index (κ1) is 13.7. The number of benzene rings is 1. The van der Waals surface area contributed by atoms with Gasteiger partial charge in [-0.2, -0.15) is 13.2 Å². The molecule has 0 bridgehead atoms. The lowest BCUT2D eigenvalue weighted by Gasteiger charge is -2.26. The van der Waals surface area contributed by atoms with Crippen molar-refractivity contribution in [3.8, 4) is 5.75 Å². The van der Waals surface area contributed by atoms with Crippen LogP contribution in [-0.4, -0.2) is 26.4 Å². The summed E-state index contributed by atoms with van der Waals surface area (Å²) < 4.78 is 48.3. The number of rotatable bonds is 4. The molecule has 1 aromatic rings. The van der Waals surface area contributed by atoms with Crippen molar-refractivity contribution in [1.29, 1.82) is 0 Å². The van der Waals surface area contributed by atoms with Crippen LogP contribution >= 0.6 is 0 Å². The molecule has 1 fully saturated rings. The molecule has 110 valence electrons. The van der Waals surface area contributed by atoms with E-state index in [9.17, 15) is 13.2 Å². The Kier molecular flexibility index (Phi) is 3.60. The molecule has 2 heterocycles. The van der Waals surface area contributed by atoms with Gasteiger partial charge in [-0.15, -0.1) is 0 Å². The molecule has 3 rings (SSSR count). The zero-order valence-electron chi connectivity index (χ0n) is 10.9. The first-order chi connectivity index (χ1) is 9.54. The molecule has 3 nitrogen and oxygen atoms in total. The Balaban J connectivity index is 1.61. The maximum absolute atomic E-state index is 12.6. The summed E-state index contributed by atoms with van der Waals surface area (Å²) in [6, 6.07) is 3.68. The average Bonchev–Trinajstić information content (AvgIpc) is 2.74. The standard InChI is InChI=1S/C14H16F3NO2/c15-14(16,17)10-1-2-11-12(8-20-13(11)5-10)18-4-3-9-6-19-7-9/h1-2,5,9,12,18H,3-4,6-8H2. The van der Waals surface area contributed by atoms with Crippen molar-refractivity contribution in [2.24, 2.45) is 5.92 Å². The first-order valence-electron chi connectivity index (χ1n) is 6.69. The Labute approximate surface area is 115 Å². The molecule has 2 aliphatic heterocycles. The highest BCUT2D eigenvalue weighted by Gasteiger charge is 2.33. The lowest BCUT2D eigenvalue weighted by atomic mass is 10.0. The van der Waals surface area contributed by atoms with Crippen LogP contribution in [0.3, 0.4) is 0 Å². The molecule has 0 radical (unpaired) electrons. The highest BCUT2D eigenvalue weighted by molar-refractivity contribution is 5.43. The van der Waals surface area contributed by atoms with Gasteiger partial charge in [0.15, 0.2) is 0 Å². The van der Waals surface area contributed by atoms with E-state index in [2.05, 4.69) is 5.32 Å². The molecule has 1 unspecified atom stereocenters. The Morgan fingerprint density at radius 3 is 2.65 bits per heavy atom. The molecule has 1 saturated heterocycles. The Hall–Kier alpha value is -1.27. The predicted octanol–water partition coefficient (Wildman–Crippen LogP) is 2.77. The van der Waals surface area contributed by atoms with E-state index in [1.54, 1.807) is 0 Å². The van der Waals surface area contributed by atoms with Gasteiger partial charge in [-0.3, -0.25) is 0 Å². The highest BCUT2D eigenvalue weighted by atomic mass is 19.4. The van der Waals surface area contributed by atoms with E-state index >= 15 is 0 Å². The number of hydrogen-bond donors (Lipinski definition) is 1. The van der Waals surface area contributed by atoms with Crippen molar-refractivity contribution in [3.05, 3.63) is 29.3 Å². The minimum atomic E-state index is -4.33. The molecule has 1 atom stereocenters. The molecule has 0 aromatic heterocycles. The number of nitrogens with one attached hydrogen (secondary N) is 1. The summed E-state index contributed by atoms with van der Waals surface area (Å²) in [6.45, 7) is 2.84. The normalized spacial score (nSPS) is 22.2. The van der Waals surface area contributed by atoms with E-state index in [4.69, 9.17) is 9.47 Å². The van der Waals surface area contributed by atoms with Gasteiger partial charge in [0, 0.05) is 11.5 Å². The van der Waals surface area contributed by atoms with E-state index < -0.39 is 11.7 Å². The second kappa shape index (κ2) is 5.26. The van der Waals surface area contributed by atoms with Gasteiger partial charge in [0.1, 0.15) is 12.4 Å². The van der Waals surface area contributed by atoms with E-state index in [0.29, 0.717) is 18.3 Å². The third-order valence-electron chi connectivity index (χ3n) is 3.77. The predicted molar refractivity (Wildman–Crippen MR) is 66.6 cm³/mol.